The Labute approximate surface area is 135 Å². The van der Waals surface area contributed by atoms with Gasteiger partial charge in [0.05, 0.1) is 17.9 Å². The van der Waals surface area contributed by atoms with Gasteiger partial charge in [-0.25, -0.2) is 0 Å². The lowest BCUT2D eigenvalue weighted by Crippen LogP contribution is -2.59. The number of nitrogens with one attached hydrogen (secondary N) is 1. The number of ether oxygens (including phenoxy) is 1. The Balaban J connectivity index is 2.24. The van der Waals surface area contributed by atoms with Crippen LogP contribution in [0.25, 0.3) is 0 Å². The van der Waals surface area contributed by atoms with E-state index in [-0.39, 0.29) is 31.1 Å². The Morgan fingerprint density at radius 3 is 2.70 bits per heavy atom. The molecule has 2 atom stereocenters. The van der Waals surface area contributed by atoms with Crippen molar-refractivity contribution in [3.05, 3.63) is 29.8 Å². The van der Waals surface area contributed by atoms with E-state index in [0.717, 1.165) is 5.56 Å². The third kappa shape index (κ3) is 2.02. The standard InChI is InChI=1S/C18H21NO4/c1-4-23-15(21)13-9-11(20)10-17(2,3)18(13)12-7-5-6-8-14(12)19-16(18)22/h5-8,13H,4,9-10H2,1-3H3,(H,19,22). The third-order valence-corrected chi connectivity index (χ3v) is 5.19. The Morgan fingerprint density at radius 1 is 1.30 bits per heavy atom. The van der Waals surface area contributed by atoms with Crippen molar-refractivity contribution in [3.8, 4) is 0 Å². The molecular formula is C18H21NO4. The van der Waals surface area contributed by atoms with Gasteiger partial charge in [0.15, 0.2) is 0 Å². The molecule has 1 saturated carbocycles. The summed E-state index contributed by atoms with van der Waals surface area (Å²) in [6, 6.07) is 7.40. The number of ketones is 1. The number of carbonyl (C=O) groups excluding carboxylic acids is 3. The van der Waals surface area contributed by atoms with Crippen LogP contribution in [0.5, 0.6) is 0 Å². The second kappa shape index (κ2) is 5.18. The van der Waals surface area contributed by atoms with E-state index in [1.807, 2.05) is 38.1 Å². The minimum atomic E-state index is -1.07. The van der Waals surface area contributed by atoms with Crippen LogP contribution in [0.1, 0.15) is 39.2 Å². The topological polar surface area (TPSA) is 72.5 Å². The molecule has 122 valence electrons. The van der Waals surface area contributed by atoms with E-state index in [2.05, 4.69) is 5.32 Å². The first kappa shape index (κ1) is 15.7. The Morgan fingerprint density at radius 2 is 2.00 bits per heavy atom. The summed E-state index contributed by atoms with van der Waals surface area (Å²) in [5.41, 5.74) is -0.227. The van der Waals surface area contributed by atoms with Crippen molar-refractivity contribution >= 4 is 23.3 Å². The van der Waals surface area contributed by atoms with Crippen molar-refractivity contribution in [2.24, 2.45) is 11.3 Å². The van der Waals surface area contributed by atoms with E-state index in [1.54, 1.807) is 6.92 Å². The number of Topliss-reactive ketones (excluding diaryl/α,β-unsaturated/α-hetero) is 1. The van der Waals surface area contributed by atoms with Gasteiger partial charge < -0.3 is 10.1 Å². The molecule has 5 heteroatoms. The van der Waals surface area contributed by atoms with Gasteiger partial charge in [-0.05, 0) is 24.0 Å². The highest BCUT2D eigenvalue weighted by Gasteiger charge is 2.66. The molecule has 2 unspecified atom stereocenters. The van der Waals surface area contributed by atoms with Crippen LogP contribution in [0.4, 0.5) is 5.69 Å². The Kier molecular flexibility index (Phi) is 3.54. The predicted molar refractivity (Wildman–Crippen MR) is 84.9 cm³/mol. The molecule has 0 aromatic heterocycles. The molecule has 1 N–H and O–H groups in total. The molecule has 2 aliphatic rings. The minimum absolute atomic E-state index is 0.00383. The van der Waals surface area contributed by atoms with Crippen LogP contribution in [-0.2, 0) is 24.5 Å². The zero-order valence-electron chi connectivity index (χ0n) is 13.6. The highest BCUT2D eigenvalue weighted by atomic mass is 16.5. The summed E-state index contributed by atoms with van der Waals surface area (Å²) >= 11 is 0. The highest BCUT2D eigenvalue weighted by Crippen LogP contribution is 2.59. The maximum Gasteiger partial charge on any atom is 0.310 e. The van der Waals surface area contributed by atoms with Gasteiger partial charge in [0.25, 0.3) is 0 Å². The van der Waals surface area contributed by atoms with Gasteiger partial charge in [-0.1, -0.05) is 32.0 Å². The van der Waals surface area contributed by atoms with Crippen LogP contribution >= 0.6 is 0 Å². The number of rotatable bonds is 2. The molecule has 5 nitrogen and oxygen atoms in total. The molecule has 1 aromatic rings. The lowest BCUT2D eigenvalue weighted by atomic mass is 9.50. The Bertz CT molecular complexity index is 694. The summed E-state index contributed by atoms with van der Waals surface area (Å²) in [5, 5.41) is 2.90. The first-order chi connectivity index (χ1) is 10.8. The number of hydrogen-bond donors (Lipinski definition) is 1. The summed E-state index contributed by atoms with van der Waals surface area (Å²) in [5.74, 6) is -1.48. The maximum atomic E-state index is 13.0. The fourth-order valence-corrected chi connectivity index (χ4v) is 4.36. The number of hydrogen-bond acceptors (Lipinski definition) is 4. The van der Waals surface area contributed by atoms with Crippen molar-refractivity contribution in [1.82, 2.24) is 0 Å². The van der Waals surface area contributed by atoms with Crippen molar-refractivity contribution < 1.29 is 19.1 Å². The predicted octanol–water partition coefficient (Wildman–Crippen LogP) is 2.44. The number of esters is 1. The molecule has 1 aliphatic heterocycles. The average Bonchev–Trinajstić information content (AvgIpc) is 2.76. The lowest BCUT2D eigenvalue weighted by Gasteiger charge is -2.49. The Hall–Kier alpha value is -2.17. The van der Waals surface area contributed by atoms with Crippen molar-refractivity contribution in [3.63, 3.8) is 0 Å². The molecule has 3 rings (SSSR count). The molecule has 1 heterocycles. The fourth-order valence-electron chi connectivity index (χ4n) is 4.36. The molecule has 0 radical (unpaired) electrons. The van der Waals surface area contributed by atoms with E-state index in [9.17, 15) is 14.4 Å². The van der Waals surface area contributed by atoms with Gasteiger partial charge in [0.2, 0.25) is 5.91 Å². The molecule has 23 heavy (non-hydrogen) atoms. The van der Waals surface area contributed by atoms with Gasteiger partial charge >= 0.3 is 5.97 Å². The van der Waals surface area contributed by atoms with Gasteiger partial charge in [0.1, 0.15) is 5.78 Å². The largest absolute Gasteiger partial charge is 0.466 e. The smallest absolute Gasteiger partial charge is 0.310 e. The molecule has 1 aromatic carbocycles. The van der Waals surface area contributed by atoms with Crippen molar-refractivity contribution in [2.45, 2.75) is 39.0 Å². The zero-order chi connectivity index (χ0) is 16.8. The number of amides is 1. The molecule has 1 fully saturated rings. The van der Waals surface area contributed by atoms with E-state index in [1.165, 1.54) is 0 Å². The quantitative estimate of drug-likeness (QED) is 0.851. The SMILES string of the molecule is CCOC(=O)C1CC(=O)CC(C)(C)C12C(=O)Nc1ccccc12. The average molecular weight is 315 g/mol. The number of para-hydroxylation sites is 1. The van der Waals surface area contributed by atoms with Crippen LogP contribution in [0.2, 0.25) is 0 Å². The van der Waals surface area contributed by atoms with E-state index >= 15 is 0 Å². The van der Waals surface area contributed by atoms with Crippen molar-refractivity contribution in [2.75, 3.05) is 11.9 Å². The number of fused-ring (bicyclic) bond motifs is 2. The van der Waals surface area contributed by atoms with Crippen LogP contribution < -0.4 is 5.32 Å². The summed E-state index contributed by atoms with van der Waals surface area (Å²) in [4.78, 5) is 37.8. The molecule has 1 aliphatic carbocycles. The normalized spacial score (nSPS) is 28.4. The summed E-state index contributed by atoms with van der Waals surface area (Å²) in [6.45, 7) is 5.72. The summed E-state index contributed by atoms with van der Waals surface area (Å²) in [6.07, 6.45) is 0.314. The fraction of sp³-hybridized carbons (Fsp3) is 0.500. The lowest BCUT2D eigenvalue weighted by molar-refractivity contribution is -0.162. The molecule has 1 amide bonds. The van der Waals surface area contributed by atoms with Crippen molar-refractivity contribution in [1.29, 1.82) is 0 Å². The monoisotopic (exact) mass is 315 g/mol. The minimum Gasteiger partial charge on any atom is -0.466 e. The molecule has 0 saturated heterocycles. The van der Waals surface area contributed by atoms with Gasteiger partial charge in [-0.15, -0.1) is 0 Å². The van der Waals surface area contributed by atoms with Crippen LogP contribution in [0, 0.1) is 11.3 Å². The highest BCUT2D eigenvalue weighted by molar-refractivity contribution is 6.11. The second-order valence-electron chi connectivity index (χ2n) is 6.92. The van der Waals surface area contributed by atoms with E-state index < -0.39 is 22.7 Å². The van der Waals surface area contributed by atoms with Crippen LogP contribution in [0.3, 0.4) is 0 Å². The van der Waals surface area contributed by atoms with Crippen LogP contribution in [-0.4, -0.2) is 24.3 Å². The zero-order valence-corrected chi connectivity index (χ0v) is 13.6. The molecule has 0 bridgehead atoms. The van der Waals surface area contributed by atoms with E-state index in [4.69, 9.17) is 4.74 Å². The number of anilines is 1. The van der Waals surface area contributed by atoms with E-state index in [0.29, 0.717) is 5.69 Å². The van der Waals surface area contributed by atoms with Gasteiger partial charge in [-0.2, -0.15) is 0 Å². The number of carbonyl (C=O) groups is 3. The molecular weight excluding hydrogens is 294 g/mol. The maximum absolute atomic E-state index is 13.0. The third-order valence-electron chi connectivity index (χ3n) is 5.19. The van der Waals surface area contributed by atoms with Gasteiger partial charge in [0, 0.05) is 18.5 Å². The first-order valence-corrected chi connectivity index (χ1v) is 7.94. The summed E-state index contributed by atoms with van der Waals surface area (Å²) < 4.78 is 5.20. The van der Waals surface area contributed by atoms with Gasteiger partial charge in [-0.3, -0.25) is 14.4 Å². The second-order valence-corrected chi connectivity index (χ2v) is 6.92. The van der Waals surface area contributed by atoms with Crippen LogP contribution in [0.15, 0.2) is 24.3 Å². The first-order valence-electron chi connectivity index (χ1n) is 7.94. The number of benzene rings is 1. The molecule has 1 spiro atoms. The summed E-state index contributed by atoms with van der Waals surface area (Å²) in [7, 11) is 0.